The molecule has 0 aliphatic heterocycles. The average Bonchev–Trinajstić information content (AvgIpc) is 1.83. The van der Waals surface area contributed by atoms with Crippen LogP contribution < -0.4 is 11.1 Å². The van der Waals surface area contributed by atoms with E-state index in [4.69, 9.17) is 5.73 Å². The molecular formula is C9H18N2O. The zero-order chi connectivity index (χ0) is 9.72. The van der Waals surface area contributed by atoms with E-state index in [0.29, 0.717) is 11.6 Å². The monoisotopic (exact) mass is 170 g/mol. The molecule has 0 spiro atoms. The third kappa shape index (κ3) is 4.77. The Labute approximate surface area is 74.0 Å². The molecule has 0 atom stereocenters. The maximum absolute atomic E-state index is 10.9. The van der Waals surface area contributed by atoms with E-state index >= 15 is 0 Å². The first-order valence-corrected chi connectivity index (χ1v) is 4.21. The highest BCUT2D eigenvalue weighted by molar-refractivity contribution is 5.91. The second-order valence-corrected chi connectivity index (χ2v) is 3.49. The van der Waals surface area contributed by atoms with E-state index in [1.165, 1.54) is 0 Å². The Morgan fingerprint density at radius 1 is 1.33 bits per heavy atom. The number of carbonyl (C=O) groups is 1. The molecule has 0 heterocycles. The van der Waals surface area contributed by atoms with Gasteiger partial charge in [0.2, 0.25) is 0 Å². The van der Waals surface area contributed by atoms with Gasteiger partial charge in [-0.25, -0.2) is 0 Å². The SMILES string of the molecule is CC(C)/C=C(\NC(C)C)C(N)=O. The maximum Gasteiger partial charge on any atom is 0.264 e. The molecule has 0 aromatic rings. The lowest BCUT2D eigenvalue weighted by molar-refractivity contribution is -0.115. The fourth-order valence-corrected chi connectivity index (χ4v) is 0.846. The highest BCUT2D eigenvalue weighted by atomic mass is 16.1. The number of nitrogens with two attached hydrogens (primary N) is 1. The van der Waals surface area contributed by atoms with E-state index in [1.54, 1.807) is 0 Å². The van der Waals surface area contributed by atoms with Crippen LogP contribution in [0.25, 0.3) is 0 Å². The van der Waals surface area contributed by atoms with Crippen molar-refractivity contribution in [3.8, 4) is 0 Å². The second kappa shape index (κ2) is 4.80. The standard InChI is InChI=1S/C9H18N2O/c1-6(2)5-8(9(10)12)11-7(3)4/h5-7,11H,1-4H3,(H2,10,12)/b8-5-. The topological polar surface area (TPSA) is 55.1 Å². The maximum atomic E-state index is 10.9. The predicted octanol–water partition coefficient (Wildman–Crippen LogP) is 1.01. The number of hydrogen-bond acceptors (Lipinski definition) is 2. The lowest BCUT2D eigenvalue weighted by Gasteiger charge is -2.11. The van der Waals surface area contributed by atoms with Gasteiger partial charge in [-0.1, -0.05) is 19.9 Å². The predicted molar refractivity (Wildman–Crippen MR) is 50.4 cm³/mol. The smallest absolute Gasteiger partial charge is 0.264 e. The third-order valence-electron chi connectivity index (χ3n) is 1.21. The summed E-state index contributed by atoms with van der Waals surface area (Å²) in [5.74, 6) is -0.0591. The number of nitrogens with one attached hydrogen (secondary N) is 1. The quantitative estimate of drug-likeness (QED) is 0.619. The molecule has 0 aliphatic rings. The van der Waals surface area contributed by atoms with Gasteiger partial charge in [0, 0.05) is 6.04 Å². The van der Waals surface area contributed by atoms with Gasteiger partial charge in [-0.3, -0.25) is 4.79 Å². The largest absolute Gasteiger partial charge is 0.379 e. The van der Waals surface area contributed by atoms with E-state index in [2.05, 4.69) is 5.32 Å². The van der Waals surface area contributed by atoms with Crippen molar-refractivity contribution in [2.75, 3.05) is 0 Å². The molecule has 0 unspecified atom stereocenters. The number of hydrogen-bond donors (Lipinski definition) is 2. The Balaban J connectivity index is 4.34. The van der Waals surface area contributed by atoms with Crippen LogP contribution >= 0.6 is 0 Å². The highest BCUT2D eigenvalue weighted by Gasteiger charge is 2.05. The first-order chi connectivity index (χ1) is 5.43. The van der Waals surface area contributed by atoms with E-state index < -0.39 is 5.91 Å². The van der Waals surface area contributed by atoms with Crippen LogP contribution in [-0.4, -0.2) is 11.9 Å². The van der Waals surface area contributed by atoms with Crippen molar-refractivity contribution in [2.24, 2.45) is 11.7 Å². The molecule has 0 bridgehead atoms. The molecule has 0 radical (unpaired) electrons. The lowest BCUT2D eigenvalue weighted by Crippen LogP contribution is -2.31. The molecular weight excluding hydrogens is 152 g/mol. The van der Waals surface area contributed by atoms with Crippen LogP contribution in [0.3, 0.4) is 0 Å². The molecule has 0 aliphatic carbocycles. The van der Waals surface area contributed by atoms with Crippen LogP contribution in [0.4, 0.5) is 0 Å². The molecule has 0 saturated carbocycles. The Morgan fingerprint density at radius 2 is 1.83 bits per heavy atom. The molecule has 0 fully saturated rings. The van der Waals surface area contributed by atoms with Gasteiger partial charge in [0.05, 0.1) is 5.70 Å². The molecule has 1 amide bonds. The average molecular weight is 170 g/mol. The van der Waals surface area contributed by atoms with Gasteiger partial charge >= 0.3 is 0 Å². The van der Waals surface area contributed by atoms with Crippen LogP contribution in [0.2, 0.25) is 0 Å². The summed E-state index contributed by atoms with van der Waals surface area (Å²) in [6.07, 6.45) is 1.84. The van der Waals surface area contributed by atoms with Gasteiger partial charge < -0.3 is 11.1 Å². The zero-order valence-corrected chi connectivity index (χ0v) is 8.22. The lowest BCUT2D eigenvalue weighted by atomic mass is 10.1. The number of amides is 1. The summed E-state index contributed by atoms with van der Waals surface area (Å²) in [6.45, 7) is 7.95. The molecule has 70 valence electrons. The van der Waals surface area contributed by atoms with Crippen molar-refractivity contribution in [3.63, 3.8) is 0 Å². The third-order valence-corrected chi connectivity index (χ3v) is 1.21. The fourth-order valence-electron chi connectivity index (χ4n) is 0.846. The molecule has 0 saturated heterocycles. The first kappa shape index (κ1) is 11.0. The van der Waals surface area contributed by atoms with Crippen LogP contribution in [0.15, 0.2) is 11.8 Å². The minimum Gasteiger partial charge on any atom is -0.379 e. The van der Waals surface area contributed by atoms with Gasteiger partial charge in [0.1, 0.15) is 0 Å². The summed E-state index contributed by atoms with van der Waals surface area (Å²) in [4.78, 5) is 10.9. The summed E-state index contributed by atoms with van der Waals surface area (Å²) in [5.41, 5.74) is 5.68. The zero-order valence-electron chi connectivity index (χ0n) is 8.22. The molecule has 3 N–H and O–H groups in total. The Kier molecular flexibility index (Phi) is 4.40. The van der Waals surface area contributed by atoms with Crippen LogP contribution in [0.1, 0.15) is 27.7 Å². The molecule has 0 rings (SSSR count). The van der Waals surface area contributed by atoms with E-state index in [1.807, 2.05) is 33.8 Å². The van der Waals surface area contributed by atoms with Gasteiger partial charge in [-0.2, -0.15) is 0 Å². The van der Waals surface area contributed by atoms with Crippen molar-refractivity contribution in [1.29, 1.82) is 0 Å². The summed E-state index contributed by atoms with van der Waals surface area (Å²) in [6, 6.07) is 0.238. The summed E-state index contributed by atoms with van der Waals surface area (Å²) in [5, 5.41) is 3.00. The molecule has 0 aromatic carbocycles. The van der Waals surface area contributed by atoms with E-state index in [-0.39, 0.29) is 6.04 Å². The van der Waals surface area contributed by atoms with Crippen molar-refractivity contribution in [3.05, 3.63) is 11.8 Å². The Hall–Kier alpha value is -0.990. The number of rotatable bonds is 4. The normalized spacial score (nSPS) is 12.3. The van der Waals surface area contributed by atoms with Crippen molar-refractivity contribution >= 4 is 5.91 Å². The molecule has 3 nitrogen and oxygen atoms in total. The number of carbonyl (C=O) groups excluding carboxylic acids is 1. The number of allylic oxidation sites excluding steroid dienone is 1. The van der Waals surface area contributed by atoms with Gasteiger partial charge in [0.15, 0.2) is 0 Å². The van der Waals surface area contributed by atoms with Gasteiger partial charge in [-0.05, 0) is 19.8 Å². The summed E-state index contributed by atoms with van der Waals surface area (Å²) < 4.78 is 0. The molecule has 3 heteroatoms. The summed E-state index contributed by atoms with van der Waals surface area (Å²) in [7, 11) is 0. The fraction of sp³-hybridized carbons (Fsp3) is 0.667. The Morgan fingerprint density at radius 3 is 2.08 bits per heavy atom. The van der Waals surface area contributed by atoms with E-state index in [9.17, 15) is 4.79 Å². The van der Waals surface area contributed by atoms with Crippen molar-refractivity contribution < 1.29 is 4.79 Å². The number of primary amides is 1. The minimum atomic E-state index is -0.391. The van der Waals surface area contributed by atoms with Gasteiger partial charge in [0.25, 0.3) is 5.91 Å². The first-order valence-electron chi connectivity index (χ1n) is 4.21. The van der Waals surface area contributed by atoms with Crippen LogP contribution in [0, 0.1) is 5.92 Å². The minimum absolute atomic E-state index is 0.238. The summed E-state index contributed by atoms with van der Waals surface area (Å²) >= 11 is 0. The van der Waals surface area contributed by atoms with Crippen LogP contribution in [-0.2, 0) is 4.79 Å². The molecule has 0 aromatic heterocycles. The van der Waals surface area contributed by atoms with Gasteiger partial charge in [-0.15, -0.1) is 0 Å². The second-order valence-electron chi connectivity index (χ2n) is 3.49. The highest BCUT2D eigenvalue weighted by Crippen LogP contribution is 1.99. The molecule has 12 heavy (non-hydrogen) atoms. The van der Waals surface area contributed by atoms with E-state index in [0.717, 1.165) is 0 Å². The Bertz CT molecular complexity index is 183. The van der Waals surface area contributed by atoms with Crippen molar-refractivity contribution in [2.45, 2.75) is 33.7 Å². The van der Waals surface area contributed by atoms with Crippen molar-refractivity contribution in [1.82, 2.24) is 5.32 Å². The van der Waals surface area contributed by atoms with Crippen LogP contribution in [0.5, 0.6) is 0 Å².